The first kappa shape index (κ1) is 20.7. The molecule has 2 N–H and O–H groups in total. The topological polar surface area (TPSA) is 79.8 Å². The van der Waals surface area contributed by atoms with Gasteiger partial charge in [0.05, 0.1) is 23.4 Å². The molecule has 0 fully saturated rings. The Morgan fingerprint density at radius 2 is 1.90 bits per heavy atom. The van der Waals surface area contributed by atoms with Crippen molar-refractivity contribution in [1.29, 1.82) is 0 Å². The van der Waals surface area contributed by atoms with Gasteiger partial charge in [-0.05, 0) is 25.5 Å². The largest absolute Gasteiger partial charge is 0.417 e. The Morgan fingerprint density at radius 1 is 1.24 bits per heavy atom. The average molecular weight is 425 g/mol. The minimum Gasteiger partial charge on any atom is -0.327 e. The van der Waals surface area contributed by atoms with Crippen LogP contribution in [0.3, 0.4) is 0 Å². The van der Waals surface area contributed by atoms with E-state index in [4.69, 9.17) is 11.6 Å². The second-order valence-electron chi connectivity index (χ2n) is 6.48. The fourth-order valence-corrected chi connectivity index (χ4v) is 3.03. The number of aromatic nitrogens is 3. The van der Waals surface area contributed by atoms with Gasteiger partial charge >= 0.3 is 6.18 Å². The molecule has 3 aromatic rings. The van der Waals surface area contributed by atoms with Gasteiger partial charge in [0.15, 0.2) is 0 Å². The second kappa shape index (κ2) is 7.75. The molecule has 0 saturated carbocycles. The highest BCUT2D eigenvalue weighted by Gasteiger charge is 2.32. The van der Waals surface area contributed by atoms with E-state index in [-0.39, 0.29) is 16.4 Å². The molecule has 0 saturated heterocycles. The molecular weight excluding hydrogens is 409 g/mol. The van der Waals surface area contributed by atoms with Crippen LogP contribution in [0.15, 0.2) is 41.3 Å². The Kier molecular flexibility index (Phi) is 5.52. The lowest BCUT2D eigenvalue weighted by molar-refractivity contribution is -0.137. The predicted molar refractivity (Wildman–Crippen MR) is 102 cm³/mol. The van der Waals surface area contributed by atoms with Crippen molar-refractivity contribution in [3.63, 3.8) is 0 Å². The van der Waals surface area contributed by atoms with Gasteiger partial charge in [-0.15, -0.1) is 0 Å². The van der Waals surface area contributed by atoms with E-state index < -0.39 is 28.9 Å². The van der Waals surface area contributed by atoms with Crippen LogP contribution in [0, 0.1) is 13.8 Å². The highest BCUT2D eigenvalue weighted by atomic mass is 35.5. The second-order valence-corrected chi connectivity index (χ2v) is 6.84. The predicted octanol–water partition coefficient (Wildman–Crippen LogP) is 4.16. The number of H-pyrrole nitrogens is 1. The van der Waals surface area contributed by atoms with Gasteiger partial charge in [-0.3, -0.25) is 9.59 Å². The number of amides is 1. The molecule has 0 aliphatic rings. The molecule has 0 aliphatic heterocycles. The van der Waals surface area contributed by atoms with Gasteiger partial charge in [0, 0.05) is 6.20 Å². The molecular formula is C19H16ClF3N4O2. The molecule has 0 spiro atoms. The molecule has 0 bridgehead atoms. The maximum atomic E-state index is 12.9. The number of benzene rings is 1. The number of nitrogens with zero attached hydrogens (tertiary/aromatic N) is 2. The summed E-state index contributed by atoms with van der Waals surface area (Å²) in [6, 6.07) is 8.20. The summed E-state index contributed by atoms with van der Waals surface area (Å²) < 4.78 is 40.0. The van der Waals surface area contributed by atoms with E-state index in [2.05, 4.69) is 10.4 Å². The zero-order valence-corrected chi connectivity index (χ0v) is 16.1. The van der Waals surface area contributed by atoms with E-state index in [9.17, 15) is 22.8 Å². The van der Waals surface area contributed by atoms with E-state index >= 15 is 0 Å². The number of carbonyl (C=O) groups is 1. The van der Waals surface area contributed by atoms with Gasteiger partial charge in [0.2, 0.25) is 0 Å². The number of aryl methyl sites for hydroxylation is 2. The Hall–Kier alpha value is -3.07. The zero-order chi connectivity index (χ0) is 21.3. The summed E-state index contributed by atoms with van der Waals surface area (Å²) in [7, 11) is 0. The van der Waals surface area contributed by atoms with Crippen LogP contribution in [0.5, 0.6) is 0 Å². The third-order valence-electron chi connectivity index (χ3n) is 4.22. The molecule has 29 heavy (non-hydrogen) atoms. The molecule has 0 aliphatic carbocycles. The van der Waals surface area contributed by atoms with Crippen molar-refractivity contribution in [2.75, 3.05) is 5.32 Å². The lowest BCUT2D eigenvalue weighted by atomic mass is 10.1. The van der Waals surface area contributed by atoms with Crippen molar-refractivity contribution in [3.8, 4) is 0 Å². The van der Waals surface area contributed by atoms with Crippen LogP contribution in [0.4, 0.5) is 18.9 Å². The summed E-state index contributed by atoms with van der Waals surface area (Å²) in [5.74, 6) is -0.826. The van der Waals surface area contributed by atoms with Crippen molar-refractivity contribution in [3.05, 3.63) is 80.0 Å². The van der Waals surface area contributed by atoms with Crippen molar-refractivity contribution >= 4 is 23.2 Å². The molecule has 10 heteroatoms. The summed E-state index contributed by atoms with van der Waals surface area (Å²) in [5, 5.41) is 6.43. The Labute approximate surface area is 168 Å². The maximum absolute atomic E-state index is 12.9. The highest BCUT2D eigenvalue weighted by Crippen LogP contribution is 2.29. The number of carbonyl (C=O) groups excluding carboxylic acids is 1. The van der Waals surface area contributed by atoms with Gasteiger partial charge < -0.3 is 10.3 Å². The van der Waals surface area contributed by atoms with Crippen molar-refractivity contribution in [2.45, 2.75) is 26.6 Å². The van der Waals surface area contributed by atoms with E-state index in [0.29, 0.717) is 18.8 Å². The average Bonchev–Trinajstić information content (AvgIpc) is 2.91. The molecule has 1 amide bonds. The van der Waals surface area contributed by atoms with Gasteiger partial charge in [-0.25, -0.2) is 4.68 Å². The summed E-state index contributed by atoms with van der Waals surface area (Å²) in [4.78, 5) is 26.4. The van der Waals surface area contributed by atoms with Crippen LogP contribution in [0.1, 0.15) is 32.7 Å². The number of anilines is 1. The number of hydrogen-bond acceptors (Lipinski definition) is 3. The van der Waals surface area contributed by atoms with Gasteiger partial charge in [-0.2, -0.15) is 18.3 Å². The lowest BCUT2D eigenvalue weighted by Gasteiger charge is -2.09. The number of rotatable bonds is 4. The number of halogens is 4. The number of pyridine rings is 1. The molecule has 0 atom stereocenters. The smallest absolute Gasteiger partial charge is 0.327 e. The van der Waals surface area contributed by atoms with E-state index in [1.807, 2.05) is 36.2 Å². The summed E-state index contributed by atoms with van der Waals surface area (Å²) in [6.45, 7) is 3.80. The van der Waals surface area contributed by atoms with E-state index in [0.717, 1.165) is 11.1 Å². The fourth-order valence-electron chi connectivity index (χ4n) is 2.71. The first-order valence-corrected chi connectivity index (χ1v) is 8.84. The quantitative estimate of drug-likeness (QED) is 0.660. The lowest BCUT2D eigenvalue weighted by Crippen LogP contribution is -2.22. The van der Waals surface area contributed by atoms with Crippen molar-refractivity contribution < 1.29 is 18.0 Å². The normalized spacial score (nSPS) is 11.5. The Morgan fingerprint density at radius 3 is 2.52 bits per heavy atom. The maximum Gasteiger partial charge on any atom is 0.417 e. The Bertz CT molecular complexity index is 1120. The first-order valence-electron chi connectivity index (χ1n) is 8.46. The van der Waals surface area contributed by atoms with Crippen molar-refractivity contribution in [2.24, 2.45) is 0 Å². The molecule has 2 aromatic heterocycles. The number of hydrogen-bond donors (Lipinski definition) is 2. The minimum absolute atomic E-state index is 0.0176. The molecule has 3 rings (SSSR count). The van der Waals surface area contributed by atoms with Crippen LogP contribution < -0.4 is 10.9 Å². The van der Waals surface area contributed by atoms with Crippen LogP contribution in [0.2, 0.25) is 5.15 Å². The Balaban J connectivity index is 1.88. The van der Waals surface area contributed by atoms with Crippen molar-refractivity contribution in [1.82, 2.24) is 14.8 Å². The molecule has 0 radical (unpaired) electrons. The van der Waals surface area contributed by atoms with Gasteiger partial charge in [0.1, 0.15) is 10.8 Å². The summed E-state index contributed by atoms with van der Waals surface area (Å²) >= 11 is 6.29. The van der Waals surface area contributed by atoms with Crippen LogP contribution in [-0.4, -0.2) is 20.7 Å². The minimum atomic E-state index is -4.67. The third kappa shape index (κ3) is 4.51. The van der Waals surface area contributed by atoms with Gasteiger partial charge in [-0.1, -0.05) is 41.4 Å². The zero-order valence-electron chi connectivity index (χ0n) is 15.4. The van der Waals surface area contributed by atoms with E-state index in [1.165, 1.54) is 4.68 Å². The first-order chi connectivity index (χ1) is 13.6. The number of alkyl halides is 3. The summed E-state index contributed by atoms with van der Waals surface area (Å²) in [5.41, 5.74) is -0.244. The van der Waals surface area contributed by atoms with Crippen LogP contribution >= 0.6 is 11.6 Å². The molecule has 2 heterocycles. The number of aromatic amines is 1. The molecule has 0 unspecified atom stereocenters. The number of nitrogens with one attached hydrogen (secondary N) is 2. The SMILES string of the molecule is Cc1ccc(Cn2nc(C)c(C(=O)Nc3cc(C(F)(F)F)c[nH]c3=O)c2Cl)cc1. The molecule has 1 aromatic carbocycles. The highest BCUT2D eigenvalue weighted by molar-refractivity contribution is 6.33. The van der Waals surface area contributed by atoms with Crippen LogP contribution in [0.25, 0.3) is 0 Å². The van der Waals surface area contributed by atoms with Gasteiger partial charge in [0.25, 0.3) is 11.5 Å². The molecule has 6 nitrogen and oxygen atoms in total. The van der Waals surface area contributed by atoms with Crippen LogP contribution in [-0.2, 0) is 12.7 Å². The standard InChI is InChI=1S/C19H16ClF3N4O2/c1-10-3-5-12(6-4-10)9-27-16(20)15(11(2)26-27)18(29)25-14-7-13(19(21,22)23)8-24-17(14)28/h3-8H,9H2,1-2H3,(H,24,28)(H,25,29). The summed E-state index contributed by atoms with van der Waals surface area (Å²) in [6.07, 6.45) is -4.13. The fraction of sp³-hybridized carbons (Fsp3) is 0.211. The third-order valence-corrected chi connectivity index (χ3v) is 4.61. The monoisotopic (exact) mass is 424 g/mol. The molecule has 152 valence electrons. The van der Waals surface area contributed by atoms with E-state index in [1.54, 1.807) is 6.92 Å².